The Kier molecular flexibility index (Phi) is 18.1. The lowest BCUT2D eigenvalue weighted by Crippen LogP contribution is -2.70. The number of rotatable bonds is 24. The number of aliphatic hydroxyl groups excluding tert-OH is 3. The first-order valence-electron chi connectivity index (χ1n) is 21.3. The molecule has 0 unspecified atom stereocenters. The fourth-order valence-electron chi connectivity index (χ4n) is 8.91. The summed E-state index contributed by atoms with van der Waals surface area (Å²) in [7, 11) is 3.03. The van der Waals surface area contributed by atoms with Crippen molar-refractivity contribution >= 4 is 23.6 Å². The molecule has 1 aliphatic heterocycles. The first-order chi connectivity index (χ1) is 29.7. The van der Waals surface area contributed by atoms with Crippen LogP contribution in [0.15, 0.2) is 65.9 Å². The zero-order valence-corrected chi connectivity index (χ0v) is 35.8. The number of amides is 2. The lowest BCUT2D eigenvalue weighted by Gasteiger charge is -2.59. The standard InChI is InChI=1S/C45H63N3O13/c1-6-23-58-45-40(48(44(53)57-7-2)19-24-56-25-22-51)29-37(47-59-8-3)34-26-30(13-9-11-20-49)33(14-10-12-21-50)41(42(34)45)35-27-32(16-18-38(35)61-45)60-43(52)46-36-17-15-31(54-4)28-39(36)55-5/h6,15-18,26-28,30,33,40-42,49-51H,1,7-14,19-25,29H2,2-5H3,(H,46,52)/t30-,33+,40-,41+,42+,45+/m0/s1. The van der Waals surface area contributed by atoms with Crippen molar-refractivity contribution in [3.05, 3.63) is 66.3 Å². The summed E-state index contributed by atoms with van der Waals surface area (Å²) < 4.78 is 42.2. The van der Waals surface area contributed by atoms with Crippen LogP contribution in [-0.2, 0) is 19.0 Å². The molecule has 1 saturated carbocycles. The number of anilines is 1. The Bertz CT molecular complexity index is 1820. The minimum Gasteiger partial charge on any atom is -0.497 e. The molecule has 0 aromatic heterocycles. The van der Waals surface area contributed by atoms with Gasteiger partial charge >= 0.3 is 12.2 Å². The van der Waals surface area contributed by atoms with E-state index in [2.05, 4.69) is 23.1 Å². The van der Waals surface area contributed by atoms with Gasteiger partial charge in [0.2, 0.25) is 5.79 Å². The molecule has 0 spiro atoms. The van der Waals surface area contributed by atoms with Gasteiger partial charge in [0, 0.05) is 43.7 Å². The van der Waals surface area contributed by atoms with Crippen molar-refractivity contribution < 1.29 is 62.9 Å². The maximum absolute atomic E-state index is 14.1. The number of hydrogen-bond donors (Lipinski definition) is 4. The fraction of sp³-hybridized carbons (Fsp3) is 0.578. The van der Waals surface area contributed by atoms with Crippen LogP contribution in [0, 0.1) is 17.8 Å². The van der Waals surface area contributed by atoms with Crippen LogP contribution in [-0.4, -0.2) is 124 Å². The SMILES string of the molecule is C=CCO[C@@]12Oc3ccc(OC(=O)Nc4ccc(OC)cc4OC)cc3[C@H]3[C@H](CCCCO)[C@@H](CCCCO)C=C(C(=NOCC)C[C@@H]1N(CCOCCO)C(=O)OCC)[C@H]32. The molecule has 0 radical (unpaired) electrons. The number of carbonyl (C=O) groups excluding carboxylic acids is 2. The molecular weight excluding hydrogens is 791 g/mol. The number of unbranched alkanes of at least 4 members (excludes halogenated alkanes) is 2. The van der Waals surface area contributed by atoms with Crippen molar-refractivity contribution in [3.63, 3.8) is 0 Å². The number of ether oxygens (including phenoxy) is 7. The second kappa shape index (κ2) is 23.4. The molecule has 61 heavy (non-hydrogen) atoms. The second-order valence-corrected chi connectivity index (χ2v) is 15.0. The van der Waals surface area contributed by atoms with E-state index in [1.165, 1.54) is 14.2 Å². The van der Waals surface area contributed by atoms with Crippen LogP contribution in [0.1, 0.15) is 70.3 Å². The monoisotopic (exact) mass is 853 g/mol. The molecule has 0 saturated heterocycles. The van der Waals surface area contributed by atoms with Crippen molar-refractivity contribution in [2.24, 2.45) is 22.9 Å². The maximum Gasteiger partial charge on any atom is 0.417 e. The molecule has 2 aromatic rings. The van der Waals surface area contributed by atoms with Crippen molar-refractivity contribution in [1.82, 2.24) is 4.90 Å². The molecule has 5 rings (SSSR count). The van der Waals surface area contributed by atoms with E-state index in [1.54, 1.807) is 48.2 Å². The van der Waals surface area contributed by atoms with E-state index in [9.17, 15) is 24.9 Å². The summed E-state index contributed by atoms with van der Waals surface area (Å²) in [6.07, 6.45) is 6.91. The highest BCUT2D eigenvalue weighted by Crippen LogP contribution is 2.62. The summed E-state index contributed by atoms with van der Waals surface area (Å²) >= 11 is 0. The number of nitrogens with one attached hydrogen (secondary N) is 1. The average molecular weight is 854 g/mol. The molecule has 6 atom stereocenters. The summed E-state index contributed by atoms with van der Waals surface area (Å²) in [5.41, 5.74) is 2.64. The van der Waals surface area contributed by atoms with E-state index in [-0.39, 0.29) is 82.7 Å². The zero-order chi connectivity index (χ0) is 43.8. The number of oxime groups is 1. The van der Waals surface area contributed by atoms with Gasteiger partial charge in [0.1, 0.15) is 35.6 Å². The van der Waals surface area contributed by atoms with Crippen molar-refractivity contribution in [2.75, 3.05) is 78.9 Å². The van der Waals surface area contributed by atoms with E-state index in [0.717, 1.165) is 30.4 Å². The van der Waals surface area contributed by atoms with Gasteiger partial charge in [-0.1, -0.05) is 30.1 Å². The van der Waals surface area contributed by atoms with Gasteiger partial charge in [-0.25, -0.2) is 9.59 Å². The quantitative estimate of drug-likeness (QED) is 0.0513. The van der Waals surface area contributed by atoms with Crippen LogP contribution in [0.4, 0.5) is 15.3 Å². The van der Waals surface area contributed by atoms with Gasteiger partial charge in [0.05, 0.1) is 64.6 Å². The molecule has 336 valence electrons. The van der Waals surface area contributed by atoms with E-state index < -0.39 is 29.9 Å². The van der Waals surface area contributed by atoms with Gasteiger partial charge in [-0.15, -0.1) is 6.58 Å². The summed E-state index contributed by atoms with van der Waals surface area (Å²) in [5.74, 6) is -0.845. The minimum absolute atomic E-state index is 0.00336. The molecule has 16 heteroatoms. The number of nitrogens with zero attached hydrogens (tertiary/aromatic N) is 2. The van der Waals surface area contributed by atoms with E-state index in [1.807, 2.05) is 13.0 Å². The van der Waals surface area contributed by atoms with Crippen LogP contribution in [0.3, 0.4) is 0 Å². The third kappa shape index (κ3) is 11.2. The highest BCUT2D eigenvalue weighted by atomic mass is 16.7. The number of aliphatic hydroxyl groups is 3. The number of methoxy groups -OCH3 is 2. The third-order valence-electron chi connectivity index (χ3n) is 11.4. The molecule has 1 heterocycles. The lowest BCUT2D eigenvalue weighted by molar-refractivity contribution is -0.256. The number of carbonyl (C=O) groups is 2. The Morgan fingerprint density at radius 3 is 2.43 bits per heavy atom. The molecule has 2 aromatic carbocycles. The molecule has 16 nitrogen and oxygen atoms in total. The van der Waals surface area contributed by atoms with Crippen molar-refractivity contribution in [3.8, 4) is 23.0 Å². The Hall–Kier alpha value is -4.87. The van der Waals surface area contributed by atoms with Crippen LogP contribution in [0.5, 0.6) is 23.0 Å². The van der Waals surface area contributed by atoms with Gasteiger partial charge in [0.25, 0.3) is 0 Å². The Labute approximate surface area is 358 Å². The first-order valence-corrected chi connectivity index (χ1v) is 21.3. The van der Waals surface area contributed by atoms with Crippen molar-refractivity contribution in [2.45, 2.75) is 76.5 Å². The molecule has 2 aliphatic carbocycles. The molecule has 0 bridgehead atoms. The van der Waals surface area contributed by atoms with Gasteiger partial charge < -0.3 is 53.3 Å². The number of allylic oxidation sites excluding steroid dienone is 1. The number of fused-ring (bicyclic) bond motifs is 2. The average Bonchev–Trinajstić information content (AvgIpc) is 3.26. The summed E-state index contributed by atoms with van der Waals surface area (Å²) in [5, 5.41) is 36.6. The Balaban J connectivity index is 1.70. The van der Waals surface area contributed by atoms with E-state index >= 15 is 0 Å². The molecule has 3 aliphatic rings. The highest BCUT2D eigenvalue weighted by molar-refractivity contribution is 6.03. The van der Waals surface area contributed by atoms with Crippen LogP contribution in [0.2, 0.25) is 0 Å². The summed E-state index contributed by atoms with van der Waals surface area (Å²) in [4.78, 5) is 34.9. The smallest absolute Gasteiger partial charge is 0.417 e. The van der Waals surface area contributed by atoms with Gasteiger partial charge in [-0.2, -0.15) is 0 Å². The predicted octanol–water partition coefficient (Wildman–Crippen LogP) is 6.44. The van der Waals surface area contributed by atoms with E-state index in [0.29, 0.717) is 54.5 Å². The number of hydrogen-bond acceptors (Lipinski definition) is 14. The number of benzene rings is 2. The van der Waals surface area contributed by atoms with Gasteiger partial charge in [-0.05, 0) is 87.3 Å². The molecule has 2 amide bonds. The third-order valence-corrected chi connectivity index (χ3v) is 11.4. The largest absolute Gasteiger partial charge is 0.497 e. The Morgan fingerprint density at radius 2 is 1.74 bits per heavy atom. The summed E-state index contributed by atoms with van der Waals surface area (Å²) in [6, 6.07) is 9.41. The molecular formula is C45H63N3O13. The van der Waals surface area contributed by atoms with Gasteiger partial charge in [0.15, 0.2) is 0 Å². The maximum atomic E-state index is 14.1. The highest BCUT2D eigenvalue weighted by Gasteiger charge is 2.65. The normalized spacial score (nSPS) is 23.1. The second-order valence-electron chi connectivity index (χ2n) is 15.0. The Morgan fingerprint density at radius 1 is 0.967 bits per heavy atom. The zero-order valence-electron chi connectivity index (χ0n) is 35.8. The fourth-order valence-corrected chi connectivity index (χ4v) is 8.91. The summed E-state index contributed by atoms with van der Waals surface area (Å²) in [6.45, 7) is 8.22. The van der Waals surface area contributed by atoms with Crippen LogP contribution in [0.25, 0.3) is 0 Å². The van der Waals surface area contributed by atoms with Crippen LogP contribution >= 0.6 is 0 Å². The predicted molar refractivity (Wildman–Crippen MR) is 227 cm³/mol. The first kappa shape index (κ1) is 47.2. The minimum atomic E-state index is -1.53. The molecule has 1 fully saturated rings. The van der Waals surface area contributed by atoms with Crippen LogP contribution < -0.4 is 24.3 Å². The molecule has 4 N–H and O–H groups in total. The lowest BCUT2D eigenvalue weighted by atomic mass is 9.55. The topological polar surface area (TPSA) is 196 Å². The van der Waals surface area contributed by atoms with Crippen molar-refractivity contribution in [1.29, 1.82) is 0 Å². The van der Waals surface area contributed by atoms with Gasteiger partial charge in [-0.3, -0.25) is 10.2 Å². The van der Waals surface area contributed by atoms with E-state index in [4.69, 9.17) is 38.0 Å².